The maximum absolute atomic E-state index is 5.63. The number of guanidine groups is 1. The molecule has 0 unspecified atom stereocenters. The standard InChI is InChI=1S/C23H36N6O/c1-5-24-23(26-16-22-27-18(2)19(3)30-22)25-15-20-7-9-21(10-8-20)17-29-12-6-11-28(4)13-14-29/h7-10H,5-6,11-17H2,1-4H3,(H2,24,25,26). The van der Waals surface area contributed by atoms with Crippen LogP contribution in [0.25, 0.3) is 0 Å². The Labute approximate surface area is 180 Å². The zero-order chi connectivity index (χ0) is 21.3. The lowest BCUT2D eigenvalue weighted by atomic mass is 10.1. The van der Waals surface area contributed by atoms with E-state index in [1.807, 2.05) is 13.8 Å². The molecule has 2 N–H and O–H groups in total. The third-order valence-corrected chi connectivity index (χ3v) is 5.49. The fourth-order valence-electron chi connectivity index (χ4n) is 3.55. The van der Waals surface area contributed by atoms with Crippen LogP contribution < -0.4 is 10.6 Å². The number of rotatable bonds is 7. The summed E-state index contributed by atoms with van der Waals surface area (Å²) in [6.07, 6.45) is 1.25. The Morgan fingerprint density at radius 3 is 2.53 bits per heavy atom. The van der Waals surface area contributed by atoms with Crippen LogP contribution in [0.5, 0.6) is 0 Å². The Kier molecular flexibility index (Phi) is 8.28. The SMILES string of the molecule is CCNC(=NCc1ccc(CN2CCCN(C)CC2)cc1)NCc1nc(C)c(C)o1. The Bertz CT molecular complexity index is 794. The van der Waals surface area contributed by atoms with Crippen LogP contribution in [-0.4, -0.2) is 60.5 Å². The summed E-state index contributed by atoms with van der Waals surface area (Å²) in [4.78, 5) is 14.1. The molecule has 1 saturated heterocycles. The molecule has 1 fully saturated rings. The van der Waals surface area contributed by atoms with Gasteiger partial charge in [0, 0.05) is 26.2 Å². The Balaban J connectivity index is 1.52. The number of nitrogens with one attached hydrogen (secondary N) is 2. The maximum Gasteiger partial charge on any atom is 0.214 e. The number of oxazole rings is 1. The van der Waals surface area contributed by atoms with E-state index in [0.29, 0.717) is 19.0 Å². The molecule has 0 bridgehead atoms. The van der Waals surface area contributed by atoms with E-state index in [4.69, 9.17) is 9.41 Å². The van der Waals surface area contributed by atoms with Gasteiger partial charge in [-0.1, -0.05) is 24.3 Å². The second-order valence-corrected chi connectivity index (χ2v) is 8.05. The highest BCUT2D eigenvalue weighted by atomic mass is 16.4. The second-order valence-electron chi connectivity index (χ2n) is 8.05. The molecule has 0 amide bonds. The van der Waals surface area contributed by atoms with Crippen molar-refractivity contribution in [2.45, 2.75) is 46.8 Å². The van der Waals surface area contributed by atoms with Crippen molar-refractivity contribution in [1.82, 2.24) is 25.4 Å². The van der Waals surface area contributed by atoms with E-state index < -0.39 is 0 Å². The molecule has 0 aliphatic carbocycles. The van der Waals surface area contributed by atoms with Gasteiger partial charge >= 0.3 is 0 Å². The number of aliphatic imine (C=N–C) groups is 1. The predicted octanol–water partition coefficient (Wildman–Crippen LogP) is 2.68. The van der Waals surface area contributed by atoms with Crippen molar-refractivity contribution >= 4 is 5.96 Å². The molecule has 7 heteroatoms. The van der Waals surface area contributed by atoms with Crippen molar-refractivity contribution in [1.29, 1.82) is 0 Å². The van der Waals surface area contributed by atoms with Crippen LogP contribution >= 0.6 is 0 Å². The molecule has 0 atom stereocenters. The highest BCUT2D eigenvalue weighted by molar-refractivity contribution is 5.79. The summed E-state index contributed by atoms with van der Waals surface area (Å²) in [5.41, 5.74) is 3.50. The first kappa shape index (κ1) is 22.3. The van der Waals surface area contributed by atoms with E-state index in [1.165, 1.54) is 30.6 Å². The molecular formula is C23H36N6O. The molecule has 3 rings (SSSR count). The molecule has 7 nitrogen and oxygen atoms in total. The number of nitrogens with zero attached hydrogens (tertiary/aromatic N) is 4. The van der Waals surface area contributed by atoms with Gasteiger partial charge in [-0.05, 0) is 58.5 Å². The first-order chi connectivity index (χ1) is 14.5. The molecular weight excluding hydrogens is 376 g/mol. The second kappa shape index (κ2) is 11.1. The molecule has 0 saturated carbocycles. The van der Waals surface area contributed by atoms with Crippen LogP contribution in [0.15, 0.2) is 33.7 Å². The third-order valence-electron chi connectivity index (χ3n) is 5.49. The van der Waals surface area contributed by atoms with Crippen molar-refractivity contribution in [2.75, 3.05) is 39.8 Å². The highest BCUT2D eigenvalue weighted by Gasteiger charge is 2.12. The number of aromatic nitrogens is 1. The fraction of sp³-hybridized carbons (Fsp3) is 0.565. The van der Waals surface area contributed by atoms with Crippen molar-refractivity contribution < 1.29 is 4.42 Å². The highest BCUT2D eigenvalue weighted by Crippen LogP contribution is 2.11. The average molecular weight is 413 g/mol. The topological polar surface area (TPSA) is 68.9 Å². The molecule has 1 aromatic carbocycles. The van der Waals surface area contributed by atoms with Crippen molar-refractivity contribution in [3.8, 4) is 0 Å². The van der Waals surface area contributed by atoms with Gasteiger partial charge < -0.3 is 20.0 Å². The normalized spacial score (nSPS) is 16.5. The van der Waals surface area contributed by atoms with Gasteiger partial charge in [0.2, 0.25) is 5.89 Å². The van der Waals surface area contributed by atoms with E-state index in [9.17, 15) is 0 Å². The molecule has 1 aromatic heterocycles. The molecule has 0 radical (unpaired) electrons. The smallest absolute Gasteiger partial charge is 0.214 e. The first-order valence-corrected chi connectivity index (χ1v) is 11.0. The van der Waals surface area contributed by atoms with Crippen LogP contribution in [-0.2, 0) is 19.6 Å². The summed E-state index contributed by atoms with van der Waals surface area (Å²) in [5.74, 6) is 2.31. The summed E-state index contributed by atoms with van der Waals surface area (Å²) >= 11 is 0. The number of likely N-dealkylation sites (N-methyl/N-ethyl adjacent to an activating group) is 1. The molecule has 1 aliphatic heterocycles. The number of hydrogen-bond acceptors (Lipinski definition) is 5. The molecule has 1 aliphatic rings. The lowest BCUT2D eigenvalue weighted by Gasteiger charge is -2.20. The summed E-state index contributed by atoms with van der Waals surface area (Å²) in [6, 6.07) is 8.84. The summed E-state index contributed by atoms with van der Waals surface area (Å²) in [7, 11) is 2.21. The summed E-state index contributed by atoms with van der Waals surface area (Å²) in [5, 5.41) is 6.57. The number of benzene rings is 1. The monoisotopic (exact) mass is 412 g/mol. The van der Waals surface area contributed by atoms with Crippen molar-refractivity contribution in [3.05, 3.63) is 52.7 Å². The van der Waals surface area contributed by atoms with E-state index in [0.717, 1.165) is 43.6 Å². The Hall–Kier alpha value is -2.38. The molecule has 0 spiro atoms. The zero-order valence-corrected chi connectivity index (χ0v) is 18.9. The predicted molar refractivity (Wildman–Crippen MR) is 121 cm³/mol. The van der Waals surface area contributed by atoms with Crippen LogP contribution in [0.2, 0.25) is 0 Å². The Morgan fingerprint density at radius 2 is 1.83 bits per heavy atom. The van der Waals surface area contributed by atoms with Crippen molar-refractivity contribution in [2.24, 2.45) is 4.99 Å². The van der Waals surface area contributed by atoms with Gasteiger partial charge in [0.05, 0.1) is 18.8 Å². The van der Waals surface area contributed by atoms with Gasteiger partial charge in [-0.15, -0.1) is 0 Å². The van der Waals surface area contributed by atoms with Gasteiger partial charge in [0.15, 0.2) is 5.96 Å². The van der Waals surface area contributed by atoms with Gasteiger partial charge in [-0.25, -0.2) is 9.98 Å². The van der Waals surface area contributed by atoms with E-state index in [2.05, 4.69) is 63.7 Å². The zero-order valence-electron chi connectivity index (χ0n) is 18.9. The van der Waals surface area contributed by atoms with Gasteiger partial charge in [-0.2, -0.15) is 0 Å². The molecule has 2 heterocycles. The van der Waals surface area contributed by atoms with Crippen molar-refractivity contribution in [3.63, 3.8) is 0 Å². The van der Waals surface area contributed by atoms with Crippen LogP contribution in [0.4, 0.5) is 0 Å². The van der Waals surface area contributed by atoms with Gasteiger partial charge in [-0.3, -0.25) is 4.90 Å². The quantitative estimate of drug-likeness (QED) is 0.538. The van der Waals surface area contributed by atoms with E-state index in [-0.39, 0.29) is 0 Å². The van der Waals surface area contributed by atoms with Crippen LogP contribution in [0, 0.1) is 13.8 Å². The van der Waals surface area contributed by atoms with Gasteiger partial charge in [0.1, 0.15) is 5.76 Å². The first-order valence-electron chi connectivity index (χ1n) is 11.0. The largest absolute Gasteiger partial charge is 0.444 e. The average Bonchev–Trinajstić information content (AvgIpc) is 2.92. The van der Waals surface area contributed by atoms with E-state index in [1.54, 1.807) is 0 Å². The number of aryl methyl sites for hydroxylation is 2. The van der Waals surface area contributed by atoms with Crippen LogP contribution in [0.1, 0.15) is 41.8 Å². The maximum atomic E-state index is 5.63. The molecule has 2 aromatic rings. The molecule has 30 heavy (non-hydrogen) atoms. The van der Waals surface area contributed by atoms with Gasteiger partial charge in [0.25, 0.3) is 0 Å². The lowest BCUT2D eigenvalue weighted by molar-refractivity contribution is 0.269. The third kappa shape index (κ3) is 6.85. The molecule has 164 valence electrons. The minimum absolute atomic E-state index is 0.518. The summed E-state index contributed by atoms with van der Waals surface area (Å²) < 4.78 is 5.63. The summed E-state index contributed by atoms with van der Waals surface area (Å²) in [6.45, 7) is 13.6. The number of hydrogen-bond donors (Lipinski definition) is 2. The lowest BCUT2D eigenvalue weighted by Crippen LogP contribution is -2.36. The minimum atomic E-state index is 0.518. The Morgan fingerprint density at radius 1 is 1.07 bits per heavy atom. The van der Waals surface area contributed by atoms with E-state index >= 15 is 0 Å². The van der Waals surface area contributed by atoms with Crippen LogP contribution in [0.3, 0.4) is 0 Å². The fourth-order valence-corrected chi connectivity index (χ4v) is 3.55. The minimum Gasteiger partial charge on any atom is -0.444 e.